The van der Waals surface area contributed by atoms with E-state index in [4.69, 9.17) is 0 Å². The molecule has 154 valence electrons. The van der Waals surface area contributed by atoms with Crippen molar-refractivity contribution in [2.75, 3.05) is 37.6 Å². The van der Waals surface area contributed by atoms with E-state index < -0.39 is 5.41 Å². The Bertz CT molecular complexity index is 834. The van der Waals surface area contributed by atoms with Crippen LogP contribution in [-0.2, 0) is 16.0 Å². The predicted molar refractivity (Wildman–Crippen MR) is 108 cm³/mol. The summed E-state index contributed by atoms with van der Waals surface area (Å²) in [5, 5.41) is 2.83. The Morgan fingerprint density at radius 3 is 2.31 bits per heavy atom. The summed E-state index contributed by atoms with van der Waals surface area (Å²) in [6.07, 6.45) is 3.96. The first kappa shape index (κ1) is 20.7. The zero-order valence-electron chi connectivity index (χ0n) is 16.8. The highest BCUT2D eigenvalue weighted by atomic mass is 19.1. The van der Waals surface area contributed by atoms with E-state index in [1.165, 1.54) is 12.1 Å². The van der Waals surface area contributed by atoms with Crippen molar-refractivity contribution in [2.45, 2.75) is 20.3 Å². The first-order valence-electron chi connectivity index (χ1n) is 9.72. The van der Waals surface area contributed by atoms with E-state index in [-0.39, 0.29) is 17.6 Å². The van der Waals surface area contributed by atoms with Gasteiger partial charge in [-0.05, 0) is 44.0 Å². The van der Waals surface area contributed by atoms with Crippen molar-refractivity contribution in [3.05, 3.63) is 54.1 Å². The van der Waals surface area contributed by atoms with Crippen molar-refractivity contribution in [1.29, 1.82) is 0 Å². The van der Waals surface area contributed by atoms with Crippen LogP contribution in [0.3, 0.4) is 0 Å². The quantitative estimate of drug-likeness (QED) is 0.748. The zero-order valence-corrected chi connectivity index (χ0v) is 16.8. The van der Waals surface area contributed by atoms with Crippen LogP contribution in [0.15, 0.2) is 42.7 Å². The number of hydrogen-bond acceptors (Lipinski definition) is 5. The molecule has 3 rings (SSSR count). The molecule has 1 saturated heterocycles. The van der Waals surface area contributed by atoms with Gasteiger partial charge in [0, 0.05) is 45.1 Å². The minimum Gasteiger partial charge on any atom is -0.355 e. The lowest BCUT2D eigenvalue weighted by molar-refractivity contribution is -0.148. The number of rotatable bonds is 6. The van der Waals surface area contributed by atoms with Gasteiger partial charge in [-0.2, -0.15) is 0 Å². The largest absolute Gasteiger partial charge is 0.355 e. The Morgan fingerprint density at radius 2 is 1.69 bits per heavy atom. The lowest BCUT2D eigenvalue weighted by Gasteiger charge is -2.38. The molecule has 1 aromatic heterocycles. The number of anilines is 1. The average Bonchev–Trinajstić information content (AvgIpc) is 2.75. The molecule has 0 saturated carbocycles. The van der Waals surface area contributed by atoms with Gasteiger partial charge in [-0.1, -0.05) is 12.1 Å². The highest BCUT2D eigenvalue weighted by Gasteiger charge is 2.40. The summed E-state index contributed by atoms with van der Waals surface area (Å²) in [6.45, 7) is 5.97. The first-order valence-corrected chi connectivity index (χ1v) is 9.72. The summed E-state index contributed by atoms with van der Waals surface area (Å²) in [7, 11) is 0. The van der Waals surface area contributed by atoms with E-state index in [0.717, 1.165) is 5.56 Å². The van der Waals surface area contributed by atoms with Gasteiger partial charge in [0.15, 0.2) is 0 Å². The Kier molecular flexibility index (Phi) is 6.41. The fourth-order valence-electron chi connectivity index (χ4n) is 3.25. The second-order valence-corrected chi connectivity index (χ2v) is 7.59. The van der Waals surface area contributed by atoms with Crippen molar-refractivity contribution >= 4 is 17.8 Å². The van der Waals surface area contributed by atoms with Crippen LogP contribution in [0.4, 0.5) is 10.3 Å². The number of halogens is 1. The topological polar surface area (TPSA) is 78.4 Å². The van der Waals surface area contributed by atoms with Crippen LogP contribution >= 0.6 is 0 Å². The molecule has 7 nitrogen and oxygen atoms in total. The second-order valence-electron chi connectivity index (χ2n) is 7.59. The summed E-state index contributed by atoms with van der Waals surface area (Å²) < 4.78 is 13.0. The number of nitrogens with zero attached hydrogens (tertiary/aromatic N) is 4. The molecule has 0 aliphatic carbocycles. The summed E-state index contributed by atoms with van der Waals surface area (Å²) in [4.78, 5) is 37.8. The van der Waals surface area contributed by atoms with Crippen LogP contribution in [0.25, 0.3) is 0 Å². The number of piperazine rings is 1. The van der Waals surface area contributed by atoms with Crippen molar-refractivity contribution in [2.24, 2.45) is 5.41 Å². The molecule has 0 atom stereocenters. The molecule has 2 heterocycles. The van der Waals surface area contributed by atoms with Gasteiger partial charge in [0.2, 0.25) is 17.8 Å². The van der Waals surface area contributed by atoms with Gasteiger partial charge in [-0.25, -0.2) is 14.4 Å². The molecule has 0 spiro atoms. The number of carbonyl (C=O) groups is 2. The van der Waals surface area contributed by atoms with E-state index in [9.17, 15) is 14.0 Å². The third-order valence-electron chi connectivity index (χ3n) is 5.12. The van der Waals surface area contributed by atoms with Crippen molar-refractivity contribution in [1.82, 2.24) is 20.2 Å². The second kappa shape index (κ2) is 8.98. The standard InChI is InChI=1S/C21H26FN5O2/c1-21(2,18(28)23-11-8-16-4-6-17(22)7-5-16)19(29)26-12-14-27(15-13-26)20-24-9-3-10-25-20/h3-7,9-10H,8,11-15H2,1-2H3,(H,23,28). The molecule has 2 amide bonds. The Labute approximate surface area is 169 Å². The molecule has 1 fully saturated rings. The normalized spacial score (nSPS) is 14.6. The summed E-state index contributed by atoms with van der Waals surface area (Å²) in [5.41, 5.74) is -0.233. The molecule has 0 unspecified atom stereocenters. The van der Waals surface area contributed by atoms with Gasteiger partial charge in [0.1, 0.15) is 11.2 Å². The van der Waals surface area contributed by atoms with Gasteiger partial charge in [0.05, 0.1) is 0 Å². The molecule has 2 aromatic rings. The molecule has 1 aromatic carbocycles. The molecule has 8 heteroatoms. The summed E-state index contributed by atoms with van der Waals surface area (Å²) in [6, 6.07) is 7.93. The Hall–Kier alpha value is -3.03. The van der Waals surface area contributed by atoms with E-state index in [2.05, 4.69) is 15.3 Å². The van der Waals surface area contributed by atoms with Crippen LogP contribution < -0.4 is 10.2 Å². The van der Waals surface area contributed by atoms with Crippen LogP contribution in [0.5, 0.6) is 0 Å². The van der Waals surface area contributed by atoms with Gasteiger partial charge in [-0.15, -0.1) is 0 Å². The maximum absolute atomic E-state index is 13.0. The molecule has 0 radical (unpaired) electrons. The number of aromatic nitrogens is 2. The highest BCUT2D eigenvalue weighted by molar-refractivity contribution is 6.04. The monoisotopic (exact) mass is 399 g/mol. The molecule has 1 aliphatic heterocycles. The lowest BCUT2D eigenvalue weighted by atomic mass is 9.90. The van der Waals surface area contributed by atoms with E-state index in [1.807, 2.05) is 4.90 Å². The van der Waals surface area contributed by atoms with E-state index in [0.29, 0.717) is 45.1 Å². The maximum Gasteiger partial charge on any atom is 0.237 e. The molecular formula is C21H26FN5O2. The number of carbonyl (C=O) groups excluding carboxylic acids is 2. The molecule has 0 bridgehead atoms. The fraction of sp³-hybridized carbons (Fsp3) is 0.429. The third kappa shape index (κ3) is 5.07. The van der Waals surface area contributed by atoms with Crippen LogP contribution in [0, 0.1) is 11.2 Å². The van der Waals surface area contributed by atoms with Crippen molar-refractivity contribution in [3.63, 3.8) is 0 Å². The van der Waals surface area contributed by atoms with E-state index >= 15 is 0 Å². The molecule has 29 heavy (non-hydrogen) atoms. The zero-order chi connectivity index (χ0) is 20.9. The number of nitrogens with one attached hydrogen (secondary N) is 1. The van der Waals surface area contributed by atoms with Gasteiger partial charge < -0.3 is 15.1 Å². The Balaban J connectivity index is 1.49. The summed E-state index contributed by atoms with van der Waals surface area (Å²) in [5.74, 6) is -0.135. The van der Waals surface area contributed by atoms with Crippen molar-refractivity contribution in [3.8, 4) is 0 Å². The minimum absolute atomic E-state index is 0.189. The van der Waals surface area contributed by atoms with E-state index in [1.54, 1.807) is 49.3 Å². The van der Waals surface area contributed by atoms with Crippen LogP contribution in [0.2, 0.25) is 0 Å². The number of benzene rings is 1. The molecular weight excluding hydrogens is 373 g/mol. The lowest BCUT2D eigenvalue weighted by Crippen LogP contribution is -2.55. The summed E-state index contributed by atoms with van der Waals surface area (Å²) >= 11 is 0. The van der Waals surface area contributed by atoms with Gasteiger partial charge in [0.25, 0.3) is 0 Å². The molecule has 1 aliphatic rings. The number of amides is 2. The van der Waals surface area contributed by atoms with Crippen LogP contribution in [-0.4, -0.2) is 59.4 Å². The maximum atomic E-state index is 13.0. The highest BCUT2D eigenvalue weighted by Crippen LogP contribution is 2.21. The van der Waals surface area contributed by atoms with Crippen LogP contribution in [0.1, 0.15) is 19.4 Å². The fourth-order valence-corrected chi connectivity index (χ4v) is 3.25. The predicted octanol–water partition coefficient (Wildman–Crippen LogP) is 1.65. The number of hydrogen-bond donors (Lipinski definition) is 1. The minimum atomic E-state index is -1.16. The first-order chi connectivity index (χ1) is 13.9. The van der Waals surface area contributed by atoms with Crippen molar-refractivity contribution < 1.29 is 14.0 Å². The van der Waals surface area contributed by atoms with Gasteiger partial charge in [-0.3, -0.25) is 9.59 Å². The SMILES string of the molecule is CC(C)(C(=O)NCCc1ccc(F)cc1)C(=O)N1CCN(c2ncccn2)CC1. The average molecular weight is 399 g/mol. The Morgan fingerprint density at radius 1 is 1.07 bits per heavy atom. The molecule has 1 N–H and O–H groups in total. The van der Waals surface area contributed by atoms with Gasteiger partial charge >= 0.3 is 0 Å². The third-order valence-corrected chi connectivity index (χ3v) is 5.12. The smallest absolute Gasteiger partial charge is 0.237 e.